The van der Waals surface area contributed by atoms with Gasteiger partial charge in [-0.05, 0) is 38.2 Å². The topological polar surface area (TPSA) is 163 Å². The first-order valence-electron chi connectivity index (χ1n) is 13.0. The number of hydrogen-bond acceptors (Lipinski definition) is 9. The molecule has 2 rings (SSSR count). The lowest BCUT2D eigenvalue weighted by Crippen LogP contribution is -2.37. The smallest absolute Gasteiger partial charge is 0.405 e. The van der Waals surface area contributed by atoms with Crippen LogP contribution in [0.15, 0.2) is 58.6 Å². The molecule has 1 aliphatic heterocycles. The zero-order valence-corrected chi connectivity index (χ0v) is 24.1. The number of Topliss-reactive ketones (excluding diaryl/α,β-unsaturated/α-hetero) is 1. The average Bonchev–Trinajstić information content (AvgIpc) is 2.90. The van der Waals surface area contributed by atoms with Crippen molar-refractivity contribution in [3.8, 4) is 0 Å². The number of carbonyl (C=O) groups excluding carboxylic acids is 4. The number of allylic oxidation sites excluding steroid dienone is 4. The zero-order chi connectivity index (χ0) is 30.1. The van der Waals surface area contributed by atoms with Crippen LogP contribution in [0.4, 0.5) is 4.79 Å². The highest BCUT2D eigenvalue weighted by molar-refractivity contribution is 6.23. The number of methoxy groups -OCH3 is 3. The largest absolute Gasteiger partial charge is 0.492 e. The van der Waals surface area contributed by atoms with E-state index in [1.807, 2.05) is 6.92 Å². The number of aliphatic hydroxyl groups excluding tert-OH is 1. The summed E-state index contributed by atoms with van der Waals surface area (Å²) < 4.78 is 21.7. The molecule has 2 bridgehead atoms. The fourth-order valence-corrected chi connectivity index (χ4v) is 4.78. The summed E-state index contributed by atoms with van der Waals surface area (Å²) in [6, 6.07) is 0. The summed E-state index contributed by atoms with van der Waals surface area (Å²) in [4.78, 5) is 50.6. The molecule has 1 heterocycles. The van der Waals surface area contributed by atoms with E-state index in [1.54, 1.807) is 32.1 Å². The van der Waals surface area contributed by atoms with Gasteiger partial charge >= 0.3 is 6.09 Å². The number of primary amides is 1. The Hall–Kier alpha value is -3.54. The third-order valence-corrected chi connectivity index (χ3v) is 6.95. The van der Waals surface area contributed by atoms with E-state index in [1.165, 1.54) is 34.3 Å². The zero-order valence-electron chi connectivity index (χ0n) is 24.1. The van der Waals surface area contributed by atoms with Crippen LogP contribution in [0.25, 0.3) is 0 Å². The molecule has 0 aromatic heterocycles. The number of ketones is 2. The van der Waals surface area contributed by atoms with E-state index >= 15 is 0 Å². The van der Waals surface area contributed by atoms with Crippen molar-refractivity contribution in [3.05, 3.63) is 58.6 Å². The molecule has 220 valence electrons. The Morgan fingerprint density at radius 3 is 2.35 bits per heavy atom. The summed E-state index contributed by atoms with van der Waals surface area (Å²) in [5.41, 5.74) is 6.12. The van der Waals surface area contributed by atoms with Crippen LogP contribution in [0.5, 0.6) is 0 Å². The molecule has 0 radical (unpaired) electrons. The molecule has 1 aliphatic carbocycles. The first kappa shape index (κ1) is 32.7. The van der Waals surface area contributed by atoms with Gasteiger partial charge in [-0.15, -0.1) is 0 Å². The van der Waals surface area contributed by atoms with Crippen molar-refractivity contribution in [3.63, 3.8) is 0 Å². The number of nitrogens with two attached hydrogens (primary N) is 1. The van der Waals surface area contributed by atoms with Gasteiger partial charge in [-0.2, -0.15) is 0 Å². The standard InChI is InChI=1S/C29H40N2O9/c1-15-11-19-25(34)20(14-21(32)27(19)39-7)31-28(35)16(2)9-8-10-22(37-5)26(40-29(30)36)18(4)13-17(3)24(33)23(12-15)38-6/h8-10,13-15,17,22-24,26,33H,11-12H2,1-7H3,(H2,30,36)(H,31,35)/b10-8-,16-9+,18-13+/t15?,17?,22-,23?,24?,26?/m0/s1. The molecule has 0 aromatic rings. The molecule has 40 heavy (non-hydrogen) atoms. The summed E-state index contributed by atoms with van der Waals surface area (Å²) >= 11 is 0. The Morgan fingerprint density at radius 2 is 1.77 bits per heavy atom. The van der Waals surface area contributed by atoms with Crippen LogP contribution in [0.3, 0.4) is 0 Å². The molecule has 0 saturated carbocycles. The van der Waals surface area contributed by atoms with Gasteiger partial charge in [0, 0.05) is 37.4 Å². The number of ether oxygens (including phenoxy) is 4. The maximum absolute atomic E-state index is 13.3. The molecule has 11 nitrogen and oxygen atoms in total. The SMILES string of the molecule is COC1=C2CC(C)CC(OC)C(O)C(C)/C=C(\C)C(OC(N)=O)[C@@H](OC)/C=C\C=C(/C)C(=O)NC(=CC1=O)C2=O. The second kappa shape index (κ2) is 14.7. The maximum Gasteiger partial charge on any atom is 0.405 e. The fraction of sp³-hybridized carbons (Fsp3) is 0.517. The van der Waals surface area contributed by atoms with Crippen molar-refractivity contribution < 1.29 is 43.2 Å². The molecule has 4 N–H and O–H groups in total. The molecule has 6 atom stereocenters. The van der Waals surface area contributed by atoms with Crippen LogP contribution < -0.4 is 11.1 Å². The molecule has 11 heteroatoms. The lowest BCUT2D eigenvalue weighted by Gasteiger charge is -2.29. The van der Waals surface area contributed by atoms with Gasteiger partial charge in [0.1, 0.15) is 6.10 Å². The maximum atomic E-state index is 13.3. The van der Waals surface area contributed by atoms with E-state index < -0.39 is 53.9 Å². The van der Waals surface area contributed by atoms with E-state index in [0.29, 0.717) is 12.0 Å². The monoisotopic (exact) mass is 560 g/mol. The molecule has 2 amide bonds. The third kappa shape index (κ3) is 8.23. The fourth-order valence-electron chi connectivity index (χ4n) is 4.78. The second-order valence-electron chi connectivity index (χ2n) is 10.1. The van der Waals surface area contributed by atoms with Gasteiger partial charge in [-0.3, -0.25) is 14.4 Å². The van der Waals surface area contributed by atoms with E-state index in [4.69, 9.17) is 24.7 Å². The van der Waals surface area contributed by atoms with Crippen LogP contribution in [0.1, 0.15) is 40.5 Å². The van der Waals surface area contributed by atoms with Crippen molar-refractivity contribution in [2.45, 2.75) is 65.0 Å². The van der Waals surface area contributed by atoms with E-state index in [-0.39, 0.29) is 34.9 Å². The summed E-state index contributed by atoms with van der Waals surface area (Å²) in [6.07, 6.45) is 3.61. The minimum atomic E-state index is -1.00. The minimum Gasteiger partial charge on any atom is -0.492 e. The number of rotatable bonds is 4. The molecule has 5 unspecified atom stereocenters. The number of fused-ring (bicyclic) bond motifs is 2. The Bertz CT molecular complexity index is 1150. The Balaban J connectivity index is 2.60. The average molecular weight is 561 g/mol. The van der Waals surface area contributed by atoms with Gasteiger partial charge in [-0.25, -0.2) is 4.79 Å². The third-order valence-electron chi connectivity index (χ3n) is 6.95. The van der Waals surface area contributed by atoms with Gasteiger partial charge in [0.05, 0.1) is 25.0 Å². The van der Waals surface area contributed by atoms with E-state index in [9.17, 15) is 24.3 Å². The number of nitrogens with one attached hydrogen (secondary N) is 1. The molecule has 0 saturated heterocycles. The normalized spacial score (nSPS) is 32.7. The van der Waals surface area contributed by atoms with E-state index in [2.05, 4.69) is 5.32 Å². The quantitative estimate of drug-likeness (QED) is 0.346. The van der Waals surface area contributed by atoms with Crippen LogP contribution in [-0.4, -0.2) is 74.4 Å². The molecular weight excluding hydrogens is 520 g/mol. The van der Waals surface area contributed by atoms with Crippen molar-refractivity contribution in [1.82, 2.24) is 5.32 Å². The van der Waals surface area contributed by atoms with Gasteiger partial charge in [0.15, 0.2) is 11.9 Å². The predicted molar refractivity (Wildman–Crippen MR) is 147 cm³/mol. The number of amides is 2. The van der Waals surface area contributed by atoms with E-state index in [0.717, 1.165) is 6.08 Å². The molecule has 0 aromatic carbocycles. The summed E-state index contributed by atoms with van der Waals surface area (Å²) in [5, 5.41) is 13.7. The van der Waals surface area contributed by atoms with Crippen molar-refractivity contribution in [2.75, 3.05) is 21.3 Å². The Kier molecular flexibility index (Phi) is 12.0. The van der Waals surface area contributed by atoms with Crippen LogP contribution in [-0.2, 0) is 33.3 Å². The summed E-state index contributed by atoms with van der Waals surface area (Å²) in [5.74, 6) is -2.39. The van der Waals surface area contributed by atoms with Crippen LogP contribution in [0.2, 0.25) is 0 Å². The molecule has 0 fully saturated rings. The van der Waals surface area contributed by atoms with Crippen molar-refractivity contribution in [1.29, 1.82) is 0 Å². The highest BCUT2D eigenvalue weighted by atomic mass is 16.6. The first-order valence-corrected chi connectivity index (χ1v) is 13.0. The minimum absolute atomic E-state index is 0.0801. The highest BCUT2D eigenvalue weighted by Crippen LogP contribution is 2.29. The molecule has 2 aliphatic rings. The summed E-state index contributed by atoms with van der Waals surface area (Å²) in [7, 11) is 4.21. The van der Waals surface area contributed by atoms with Gasteiger partial charge in [0.25, 0.3) is 5.91 Å². The van der Waals surface area contributed by atoms with Crippen LogP contribution >= 0.6 is 0 Å². The number of hydrogen-bond donors (Lipinski definition) is 3. The highest BCUT2D eigenvalue weighted by Gasteiger charge is 2.34. The predicted octanol–water partition coefficient (Wildman–Crippen LogP) is 2.41. The Morgan fingerprint density at radius 1 is 1.10 bits per heavy atom. The second-order valence-corrected chi connectivity index (χ2v) is 10.1. The van der Waals surface area contributed by atoms with Crippen molar-refractivity contribution >= 4 is 23.6 Å². The first-order chi connectivity index (χ1) is 18.8. The number of aliphatic hydroxyl groups is 1. The van der Waals surface area contributed by atoms with Gasteiger partial charge in [-0.1, -0.05) is 38.2 Å². The lowest BCUT2D eigenvalue weighted by molar-refractivity contribution is -0.120. The van der Waals surface area contributed by atoms with Crippen molar-refractivity contribution in [2.24, 2.45) is 17.6 Å². The Labute approximate surface area is 234 Å². The molecular formula is C29H40N2O9. The summed E-state index contributed by atoms with van der Waals surface area (Å²) in [6.45, 7) is 6.92. The van der Waals surface area contributed by atoms with Gasteiger partial charge < -0.3 is 35.1 Å². The lowest BCUT2D eigenvalue weighted by atomic mass is 9.85. The molecule has 0 spiro atoms. The van der Waals surface area contributed by atoms with Gasteiger partial charge in [0.2, 0.25) is 11.6 Å². The van der Waals surface area contributed by atoms with Crippen LogP contribution in [0, 0.1) is 11.8 Å². The number of carbonyl (C=O) groups is 4.